The van der Waals surface area contributed by atoms with Crippen molar-refractivity contribution in [1.29, 1.82) is 0 Å². The third-order valence-corrected chi connectivity index (χ3v) is 6.29. The second-order valence-corrected chi connectivity index (χ2v) is 8.17. The maximum atomic E-state index is 13.1. The summed E-state index contributed by atoms with van der Waals surface area (Å²) in [4.78, 5) is 11.9. The third-order valence-electron chi connectivity index (χ3n) is 4.24. The van der Waals surface area contributed by atoms with Crippen LogP contribution in [0.2, 0.25) is 0 Å². The van der Waals surface area contributed by atoms with E-state index >= 15 is 0 Å². The standard InChI is InChI=1S/C18H19N3O6S2/c1-25-14-8-7-11(9-15(14)26-2)13(10-17(22)27-3)21-29(23,24)16-6-4-5-12-18(16)20-28-19-12/h4-9,13,21H,10H2,1-3H3. The van der Waals surface area contributed by atoms with Gasteiger partial charge in [0, 0.05) is 0 Å². The van der Waals surface area contributed by atoms with Crippen LogP contribution in [-0.4, -0.2) is 44.5 Å². The van der Waals surface area contributed by atoms with Gasteiger partial charge in [-0.1, -0.05) is 12.1 Å². The summed E-state index contributed by atoms with van der Waals surface area (Å²) in [6.45, 7) is 0. The molecule has 2 aromatic carbocycles. The summed E-state index contributed by atoms with van der Waals surface area (Å²) in [7, 11) is 0.185. The van der Waals surface area contributed by atoms with Crippen molar-refractivity contribution in [1.82, 2.24) is 13.5 Å². The maximum Gasteiger partial charge on any atom is 0.307 e. The van der Waals surface area contributed by atoms with Crippen LogP contribution in [-0.2, 0) is 19.6 Å². The highest BCUT2D eigenvalue weighted by Crippen LogP contribution is 2.32. The molecule has 0 fully saturated rings. The lowest BCUT2D eigenvalue weighted by Gasteiger charge is -2.20. The molecule has 0 spiro atoms. The fraction of sp³-hybridized carbons (Fsp3) is 0.278. The molecule has 0 aliphatic carbocycles. The van der Waals surface area contributed by atoms with Crippen LogP contribution in [0.1, 0.15) is 18.0 Å². The Bertz CT molecular complexity index is 1130. The van der Waals surface area contributed by atoms with Crippen molar-refractivity contribution in [3.8, 4) is 11.5 Å². The van der Waals surface area contributed by atoms with Gasteiger partial charge in [0.1, 0.15) is 15.9 Å². The molecule has 3 rings (SSSR count). The number of benzene rings is 2. The topological polar surface area (TPSA) is 117 Å². The lowest BCUT2D eigenvalue weighted by Crippen LogP contribution is -2.30. The Kier molecular flexibility index (Phi) is 6.30. The zero-order valence-electron chi connectivity index (χ0n) is 15.9. The van der Waals surface area contributed by atoms with Gasteiger partial charge in [0.2, 0.25) is 10.0 Å². The minimum atomic E-state index is -4.02. The molecule has 1 heterocycles. The molecule has 29 heavy (non-hydrogen) atoms. The van der Waals surface area contributed by atoms with Crippen molar-refractivity contribution in [3.63, 3.8) is 0 Å². The molecular weight excluding hydrogens is 418 g/mol. The molecule has 0 amide bonds. The highest BCUT2D eigenvalue weighted by molar-refractivity contribution is 7.89. The molecule has 1 atom stereocenters. The number of methoxy groups -OCH3 is 3. The quantitative estimate of drug-likeness (QED) is 0.534. The lowest BCUT2D eigenvalue weighted by molar-refractivity contribution is -0.141. The molecule has 0 bridgehead atoms. The van der Waals surface area contributed by atoms with Gasteiger partial charge in [-0.25, -0.2) is 13.1 Å². The second kappa shape index (κ2) is 8.72. The molecule has 1 aromatic heterocycles. The van der Waals surface area contributed by atoms with Crippen LogP contribution >= 0.6 is 11.7 Å². The van der Waals surface area contributed by atoms with E-state index in [-0.39, 0.29) is 16.8 Å². The van der Waals surface area contributed by atoms with E-state index in [1.54, 1.807) is 30.3 Å². The summed E-state index contributed by atoms with van der Waals surface area (Å²) < 4.78 is 52.1. The molecule has 9 nitrogen and oxygen atoms in total. The van der Waals surface area contributed by atoms with E-state index in [0.29, 0.717) is 22.6 Å². The fourth-order valence-electron chi connectivity index (χ4n) is 2.80. The normalized spacial score (nSPS) is 12.5. The van der Waals surface area contributed by atoms with Gasteiger partial charge in [0.15, 0.2) is 11.5 Å². The predicted molar refractivity (Wildman–Crippen MR) is 107 cm³/mol. The highest BCUT2D eigenvalue weighted by atomic mass is 32.2. The van der Waals surface area contributed by atoms with Gasteiger partial charge in [-0.05, 0) is 29.8 Å². The number of hydrogen-bond acceptors (Lipinski definition) is 9. The minimum absolute atomic E-state index is 0.0147. The van der Waals surface area contributed by atoms with E-state index in [0.717, 1.165) is 11.7 Å². The van der Waals surface area contributed by atoms with Crippen LogP contribution in [0.25, 0.3) is 11.0 Å². The van der Waals surface area contributed by atoms with Crippen molar-refractivity contribution >= 4 is 38.8 Å². The van der Waals surface area contributed by atoms with E-state index in [9.17, 15) is 13.2 Å². The Morgan fingerprint density at radius 2 is 1.86 bits per heavy atom. The van der Waals surface area contributed by atoms with E-state index in [4.69, 9.17) is 14.2 Å². The third kappa shape index (κ3) is 4.47. The summed E-state index contributed by atoms with van der Waals surface area (Å²) in [6, 6.07) is 8.72. The molecule has 1 unspecified atom stereocenters. The number of hydrogen-bond donors (Lipinski definition) is 1. The maximum absolute atomic E-state index is 13.1. The number of sulfonamides is 1. The van der Waals surface area contributed by atoms with E-state index in [1.807, 2.05) is 0 Å². The summed E-state index contributed by atoms with van der Waals surface area (Å²) >= 11 is 0.925. The molecule has 0 saturated heterocycles. The van der Waals surface area contributed by atoms with E-state index < -0.39 is 22.0 Å². The summed E-state index contributed by atoms with van der Waals surface area (Å²) in [6.07, 6.45) is -0.212. The van der Waals surface area contributed by atoms with Crippen molar-refractivity contribution in [3.05, 3.63) is 42.0 Å². The monoisotopic (exact) mass is 437 g/mol. The van der Waals surface area contributed by atoms with Crippen LogP contribution < -0.4 is 14.2 Å². The molecule has 1 N–H and O–H groups in total. The Balaban J connectivity index is 2.01. The number of carbonyl (C=O) groups excluding carboxylic acids is 1. The number of esters is 1. The SMILES string of the molecule is COC(=O)CC(NS(=O)(=O)c1cccc2nsnc12)c1ccc(OC)c(OC)c1. The number of fused-ring (bicyclic) bond motifs is 1. The Morgan fingerprint density at radius 3 is 2.55 bits per heavy atom. The molecule has 0 aliphatic heterocycles. The summed E-state index contributed by atoms with van der Waals surface area (Å²) in [5, 5.41) is 0. The van der Waals surface area contributed by atoms with Gasteiger partial charge < -0.3 is 14.2 Å². The van der Waals surface area contributed by atoms with Crippen LogP contribution in [0.3, 0.4) is 0 Å². The molecule has 0 radical (unpaired) electrons. The first-order valence-corrected chi connectivity index (χ1v) is 10.6. The smallest absolute Gasteiger partial charge is 0.307 e. The largest absolute Gasteiger partial charge is 0.493 e. The Hall–Kier alpha value is -2.76. The zero-order chi connectivity index (χ0) is 21.0. The minimum Gasteiger partial charge on any atom is -0.493 e. The van der Waals surface area contributed by atoms with Gasteiger partial charge in [-0.2, -0.15) is 8.75 Å². The molecule has 0 aliphatic rings. The van der Waals surface area contributed by atoms with Crippen LogP contribution in [0, 0.1) is 0 Å². The summed E-state index contributed by atoms with van der Waals surface area (Å²) in [5.41, 5.74) is 1.27. The average molecular weight is 437 g/mol. The molecule has 3 aromatic rings. The second-order valence-electron chi connectivity index (χ2n) is 5.96. The first-order chi connectivity index (χ1) is 13.9. The Labute approximate surface area is 172 Å². The number of nitrogens with one attached hydrogen (secondary N) is 1. The van der Waals surface area contributed by atoms with Gasteiger partial charge in [-0.3, -0.25) is 4.79 Å². The van der Waals surface area contributed by atoms with Gasteiger partial charge in [-0.15, -0.1) is 0 Å². The summed E-state index contributed by atoms with van der Waals surface area (Å²) in [5.74, 6) is 0.320. The fourth-order valence-corrected chi connectivity index (χ4v) is 4.79. The number of rotatable bonds is 8. The van der Waals surface area contributed by atoms with Crippen LogP contribution in [0.5, 0.6) is 11.5 Å². The first kappa shape index (κ1) is 21.0. The predicted octanol–water partition coefficient (Wildman–Crippen LogP) is 2.29. The molecule has 154 valence electrons. The molecular formula is C18H19N3O6S2. The van der Waals surface area contributed by atoms with Gasteiger partial charge >= 0.3 is 5.97 Å². The zero-order valence-corrected chi connectivity index (χ0v) is 17.5. The van der Waals surface area contributed by atoms with Crippen molar-refractivity contribution in [2.24, 2.45) is 0 Å². The van der Waals surface area contributed by atoms with Crippen LogP contribution in [0.15, 0.2) is 41.3 Å². The van der Waals surface area contributed by atoms with Crippen molar-refractivity contribution in [2.75, 3.05) is 21.3 Å². The van der Waals surface area contributed by atoms with E-state index in [1.165, 1.54) is 27.4 Å². The molecule has 11 heteroatoms. The van der Waals surface area contributed by atoms with Crippen molar-refractivity contribution < 1.29 is 27.4 Å². The number of nitrogens with zero attached hydrogens (tertiary/aromatic N) is 2. The lowest BCUT2D eigenvalue weighted by atomic mass is 10.0. The first-order valence-electron chi connectivity index (χ1n) is 8.42. The van der Waals surface area contributed by atoms with Crippen molar-refractivity contribution in [2.45, 2.75) is 17.4 Å². The highest BCUT2D eigenvalue weighted by Gasteiger charge is 2.27. The van der Waals surface area contributed by atoms with E-state index in [2.05, 4.69) is 13.5 Å². The Morgan fingerprint density at radius 1 is 1.10 bits per heavy atom. The average Bonchev–Trinajstić information content (AvgIpc) is 3.21. The van der Waals surface area contributed by atoms with Gasteiger partial charge in [0.25, 0.3) is 0 Å². The van der Waals surface area contributed by atoms with Crippen LogP contribution in [0.4, 0.5) is 0 Å². The van der Waals surface area contributed by atoms with Gasteiger partial charge in [0.05, 0.1) is 45.5 Å². The number of aromatic nitrogens is 2. The number of carbonyl (C=O) groups is 1. The number of ether oxygens (including phenoxy) is 3. The molecule has 0 saturated carbocycles.